The lowest BCUT2D eigenvalue weighted by molar-refractivity contribution is 0.383. The number of aliphatic hydroxyl groups is 1. The highest BCUT2D eigenvalue weighted by molar-refractivity contribution is 6.31. The first-order chi connectivity index (χ1) is 5.24. The Balaban J connectivity index is 2.74. The van der Waals surface area contributed by atoms with E-state index in [0.29, 0.717) is 10.8 Å². The molecule has 0 unspecified atom stereocenters. The zero-order chi connectivity index (χ0) is 8.27. The molecule has 0 aliphatic heterocycles. The van der Waals surface area contributed by atoms with Gasteiger partial charge in [0.05, 0.1) is 5.76 Å². The SMILES string of the molecule is CCCC(O)=C1C=CC(Cl)=C1. The van der Waals surface area contributed by atoms with Crippen LogP contribution in [0, 0.1) is 0 Å². The zero-order valence-electron chi connectivity index (χ0n) is 6.47. The molecule has 1 rings (SSSR count). The van der Waals surface area contributed by atoms with Crippen LogP contribution in [0.25, 0.3) is 0 Å². The van der Waals surface area contributed by atoms with Crippen LogP contribution in [-0.2, 0) is 0 Å². The highest BCUT2D eigenvalue weighted by Gasteiger charge is 2.04. The van der Waals surface area contributed by atoms with E-state index >= 15 is 0 Å². The number of allylic oxidation sites excluding steroid dienone is 6. The van der Waals surface area contributed by atoms with E-state index in [1.54, 1.807) is 12.2 Å². The molecule has 0 atom stereocenters. The van der Waals surface area contributed by atoms with Crippen molar-refractivity contribution in [1.82, 2.24) is 0 Å². The molecule has 0 aromatic carbocycles. The molecule has 0 aromatic rings. The molecule has 0 aromatic heterocycles. The van der Waals surface area contributed by atoms with E-state index in [-0.39, 0.29) is 0 Å². The second-order valence-corrected chi connectivity index (χ2v) is 2.95. The summed E-state index contributed by atoms with van der Waals surface area (Å²) in [7, 11) is 0. The minimum atomic E-state index is 0.430. The van der Waals surface area contributed by atoms with Crippen molar-refractivity contribution in [3.8, 4) is 0 Å². The molecule has 2 heteroatoms. The molecule has 1 N–H and O–H groups in total. The van der Waals surface area contributed by atoms with Crippen molar-refractivity contribution in [2.24, 2.45) is 0 Å². The molecule has 0 amide bonds. The third-order valence-corrected chi connectivity index (χ3v) is 1.77. The smallest absolute Gasteiger partial charge is 0.0995 e. The van der Waals surface area contributed by atoms with Gasteiger partial charge in [0.25, 0.3) is 0 Å². The minimum absolute atomic E-state index is 0.430. The number of aliphatic hydroxyl groups excluding tert-OH is 1. The summed E-state index contributed by atoms with van der Waals surface area (Å²) in [5.74, 6) is 0.430. The van der Waals surface area contributed by atoms with Gasteiger partial charge in [0.1, 0.15) is 0 Å². The lowest BCUT2D eigenvalue weighted by atomic mass is 10.2. The molecule has 0 saturated carbocycles. The van der Waals surface area contributed by atoms with E-state index in [9.17, 15) is 5.11 Å². The molecule has 0 radical (unpaired) electrons. The molecule has 1 aliphatic rings. The minimum Gasteiger partial charge on any atom is -0.512 e. The molecular weight excluding hydrogens is 160 g/mol. The van der Waals surface area contributed by atoms with Crippen molar-refractivity contribution < 1.29 is 5.11 Å². The Morgan fingerprint density at radius 2 is 2.27 bits per heavy atom. The van der Waals surface area contributed by atoms with Crippen molar-refractivity contribution in [1.29, 1.82) is 0 Å². The van der Waals surface area contributed by atoms with Gasteiger partial charge >= 0.3 is 0 Å². The van der Waals surface area contributed by atoms with Crippen molar-refractivity contribution >= 4 is 11.6 Å². The Morgan fingerprint density at radius 3 is 2.73 bits per heavy atom. The monoisotopic (exact) mass is 170 g/mol. The van der Waals surface area contributed by atoms with Crippen LogP contribution in [0.5, 0.6) is 0 Å². The highest BCUT2D eigenvalue weighted by Crippen LogP contribution is 2.21. The Labute approximate surface area is 71.7 Å². The predicted molar refractivity (Wildman–Crippen MR) is 47.6 cm³/mol. The van der Waals surface area contributed by atoms with Gasteiger partial charge in [0.15, 0.2) is 0 Å². The molecule has 60 valence electrons. The first-order valence-corrected chi connectivity index (χ1v) is 4.09. The number of rotatable bonds is 2. The average molecular weight is 171 g/mol. The predicted octanol–water partition coefficient (Wildman–Crippen LogP) is 3.29. The second-order valence-electron chi connectivity index (χ2n) is 2.51. The van der Waals surface area contributed by atoms with E-state index in [0.717, 1.165) is 18.4 Å². The van der Waals surface area contributed by atoms with E-state index in [1.807, 2.05) is 13.0 Å². The molecule has 0 heterocycles. The Hall–Kier alpha value is -0.690. The van der Waals surface area contributed by atoms with Crippen LogP contribution in [0.4, 0.5) is 0 Å². The topological polar surface area (TPSA) is 20.2 Å². The van der Waals surface area contributed by atoms with Crippen molar-refractivity contribution in [2.75, 3.05) is 0 Å². The fraction of sp³-hybridized carbons (Fsp3) is 0.333. The van der Waals surface area contributed by atoms with E-state index in [2.05, 4.69) is 0 Å². The molecule has 11 heavy (non-hydrogen) atoms. The number of hydrogen-bond donors (Lipinski definition) is 1. The van der Waals surface area contributed by atoms with Gasteiger partial charge in [0.2, 0.25) is 0 Å². The summed E-state index contributed by atoms with van der Waals surface area (Å²) in [5, 5.41) is 10.1. The summed E-state index contributed by atoms with van der Waals surface area (Å²) in [5.41, 5.74) is 0.844. The summed E-state index contributed by atoms with van der Waals surface area (Å²) in [4.78, 5) is 0. The molecule has 0 bridgehead atoms. The van der Waals surface area contributed by atoms with Gasteiger partial charge in [-0.3, -0.25) is 0 Å². The van der Waals surface area contributed by atoms with E-state index in [4.69, 9.17) is 11.6 Å². The zero-order valence-corrected chi connectivity index (χ0v) is 7.23. The standard InChI is InChI=1S/C9H11ClO/c1-2-3-9(11)7-4-5-8(10)6-7/h4-6,11H,2-3H2,1H3. The summed E-state index contributed by atoms with van der Waals surface area (Å²) >= 11 is 5.68. The van der Waals surface area contributed by atoms with Gasteiger partial charge in [-0.2, -0.15) is 0 Å². The van der Waals surface area contributed by atoms with Gasteiger partial charge in [-0.15, -0.1) is 0 Å². The second kappa shape index (κ2) is 3.63. The van der Waals surface area contributed by atoms with E-state index in [1.165, 1.54) is 0 Å². The third kappa shape index (κ3) is 2.12. The quantitative estimate of drug-likeness (QED) is 0.631. The Morgan fingerprint density at radius 1 is 1.55 bits per heavy atom. The van der Waals surface area contributed by atoms with Crippen LogP contribution in [-0.4, -0.2) is 5.11 Å². The van der Waals surface area contributed by atoms with Gasteiger partial charge in [-0.1, -0.05) is 24.6 Å². The maximum Gasteiger partial charge on any atom is 0.0995 e. The first-order valence-electron chi connectivity index (χ1n) is 3.71. The van der Waals surface area contributed by atoms with Crippen LogP contribution in [0.15, 0.2) is 34.6 Å². The van der Waals surface area contributed by atoms with Gasteiger partial charge in [0, 0.05) is 17.0 Å². The molecular formula is C9H11ClO. The van der Waals surface area contributed by atoms with Crippen LogP contribution >= 0.6 is 11.6 Å². The molecule has 0 spiro atoms. The number of hydrogen-bond acceptors (Lipinski definition) is 1. The third-order valence-electron chi connectivity index (χ3n) is 1.54. The summed E-state index contributed by atoms with van der Waals surface area (Å²) in [6, 6.07) is 0. The van der Waals surface area contributed by atoms with Gasteiger partial charge in [-0.05, 0) is 18.6 Å². The first kappa shape index (κ1) is 8.41. The summed E-state index contributed by atoms with van der Waals surface area (Å²) in [6.45, 7) is 2.03. The summed E-state index contributed by atoms with van der Waals surface area (Å²) in [6.07, 6.45) is 7.05. The molecule has 0 saturated heterocycles. The molecule has 1 nitrogen and oxygen atoms in total. The molecule has 1 aliphatic carbocycles. The fourth-order valence-electron chi connectivity index (χ4n) is 0.975. The van der Waals surface area contributed by atoms with E-state index < -0.39 is 0 Å². The maximum absolute atomic E-state index is 9.39. The Kier molecular flexibility index (Phi) is 2.77. The summed E-state index contributed by atoms with van der Waals surface area (Å²) < 4.78 is 0. The van der Waals surface area contributed by atoms with Gasteiger partial charge in [-0.25, -0.2) is 0 Å². The Bertz CT molecular complexity index is 236. The van der Waals surface area contributed by atoms with Crippen LogP contribution in [0.3, 0.4) is 0 Å². The highest BCUT2D eigenvalue weighted by atomic mass is 35.5. The lowest BCUT2D eigenvalue weighted by Crippen LogP contribution is -1.83. The van der Waals surface area contributed by atoms with Crippen LogP contribution < -0.4 is 0 Å². The van der Waals surface area contributed by atoms with Crippen LogP contribution in [0.2, 0.25) is 0 Å². The van der Waals surface area contributed by atoms with Crippen molar-refractivity contribution in [3.05, 3.63) is 34.6 Å². The van der Waals surface area contributed by atoms with Crippen molar-refractivity contribution in [3.63, 3.8) is 0 Å². The maximum atomic E-state index is 9.39. The van der Waals surface area contributed by atoms with Crippen molar-refractivity contribution in [2.45, 2.75) is 19.8 Å². The van der Waals surface area contributed by atoms with Gasteiger partial charge < -0.3 is 5.11 Å². The normalized spacial score (nSPS) is 20.4. The fourth-order valence-corrected chi connectivity index (χ4v) is 1.16. The van der Waals surface area contributed by atoms with Crippen LogP contribution in [0.1, 0.15) is 19.8 Å². The average Bonchev–Trinajstić information content (AvgIpc) is 2.36. The largest absolute Gasteiger partial charge is 0.512 e. The molecule has 0 fully saturated rings. The number of halogens is 1. The lowest BCUT2D eigenvalue weighted by Gasteiger charge is -1.97.